The molecular formula is C18H18O3S. The molecule has 0 spiro atoms. The van der Waals surface area contributed by atoms with Crippen LogP contribution in [0.4, 0.5) is 0 Å². The summed E-state index contributed by atoms with van der Waals surface area (Å²) in [6.07, 6.45) is 2.59. The summed E-state index contributed by atoms with van der Waals surface area (Å²) < 4.78 is 10.1. The Bertz CT molecular complexity index is 692. The Kier molecular flexibility index (Phi) is 5.67. The van der Waals surface area contributed by atoms with Crippen molar-refractivity contribution in [3.63, 3.8) is 0 Å². The molecule has 0 aromatic heterocycles. The fraction of sp³-hybridized carbons (Fsp3) is 0.167. The van der Waals surface area contributed by atoms with Crippen LogP contribution in [-0.2, 0) is 9.53 Å². The highest BCUT2D eigenvalue weighted by Crippen LogP contribution is 2.36. The number of hydrogen-bond donors (Lipinski definition) is 0. The zero-order valence-corrected chi connectivity index (χ0v) is 13.6. The van der Waals surface area contributed by atoms with Crippen LogP contribution in [0.1, 0.15) is 11.1 Å². The third-order valence-corrected chi connectivity index (χ3v) is 4.23. The van der Waals surface area contributed by atoms with Gasteiger partial charge in [0.2, 0.25) is 0 Å². The Morgan fingerprint density at radius 3 is 2.59 bits per heavy atom. The number of methoxy groups -OCH3 is 1. The van der Waals surface area contributed by atoms with Crippen LogP contribution in [0.5, 0.6) is 5.75 Å². The standard InChI is InChI=1S/C18H18O3S/c1-13-8-9-16(14(2)12-13)22-17-7-5-4-6-15(17)21-11-10-18(19)20-3/h4-12H,1-3H3/b11-10-. The van der Waals surface area contributed by atoms with Crippen LogP contribution in [0.2, 0.25) is 0 Å². The molecule has 0 aliphatic heterocycles. The summed E-state index contributed by atoms with van der Waals surface area (Å²) in [6.45, 7) is 4.17. The predicted molar refractivity (Wildman–Crippen MR) is 88.3 cm³/mol. The summed E-state index contributed by atoms with van der Waals surface area (Å²) in [5.41, 5.74) is 2.47. The molecule has 114 valence electrons. The lowest BCUT2D eigenvalue weighted by molar-refractivity contribution is -0.134. The molecule has 2 rings (SSSR count). The van der Waals surface area contributed by atoms with Crippen molar-refractivity contribution in [2.24, 2.45) is 0 Å². The lowest BCUT2D eigenvalue weighted by Crippen LogP contribution is -1.95. The molecule has 0 aliphatic carbocycles. The van der Waals surface area contributed by atoms with Gasteiger partial charge < -0.3 is 9.47 Å². The van der Waals surface area contributed by atoms with E-state index in [4.69, 9.17) is 4.74 Å². The maximum atomic E-state index is 11.1. The molecule has 0 N–H and O–H groups in total. The van der Waals surface area contributed by atoms with Gasteiger partial charge in [0.1, 0.15) is 5.75 Å². The number of esters is 1. The number of hydrogen-bond acceptors (Lipinski definition) is 4. The summed E-state index contributed by atoms with van der Waals surface area (Å²) in [6, 6.07) is 14.1. The van der Waals surface area contributed by atoms with Gasteiger partial charge in [0.05, 0.1) is 24.3 Å². The molecule has 0 unspecified atom stereocenters. The second-order valence-electron chi connectivity index (χ2n) is 4.76. The molecule has 0 radical (unpaired) electrons. The number of carbonyl (C=O) groups excluding carboxylic acids is 1. The maximum absolute atomic E-state index is 11.1. The summed E-state index contributed by atoms with van der Waals surface area (Å²) >= 11 is 1.64. The fourth-order valence-corrected chi connectivity index (χ4v) is 2.85. The van der Waals surface area contributed by atoms with Crippen molar-refractivity contribution in [3.05, 3.63) is 65.9 Å². The lowest BCUT2D eigenvalue weighted by Gasteiger charge is -2.10. The highest BCUT2D eigenvalue weighted by molar-refractivity contribution is 7.99. The van der Waals surface area contributed by atoms with Crippen molar-refractivity contribution >= 4 is 17.7 Å². The van der Waals surface area contributed by atoms with Crippen molar-refractivity contribution in [1.29, 1.82) is 0 Å². The van der Waals surface area contributed by atoms with Crippen LogP contribution in [0.3, 0.4) is 0 Å². The molecule has 22 heavy (non-hydrogen) atoms. The zero-order valence-electron chi connectivity index (χ0n) is 12.8. The van der Waals surface area contributed by atoms with Crippen LogP contribution in [0.25, 0.3) is 0 Å². The van der Waals surface area contributed by atoms with Crippen LogP contribution < -0.4 is 4.74 Å². The van der Waals surface area contributed by atoms with E-state index >= 15 is 0 Å². The van der Waals surface area contributed by atoms with E-state index in [1.165, 1.54) is 35.5 Å². The molecule has 0 bridgehead atoms. The second kappa shape index (κ2) is 7.71. The molecule has 0 saturated heterocycles. The SMILES string of the molecule is COC(=O)/C=C\Oc1ccccc1Sc1ccc(C)cc1C. The summed E-state index contributed by atoms with van der Waals surface area (Å²) in [5.74, 6) is 0.257. The van der Waals surface area contributed by atoms with E-state index in [0.29, 0.717) is 5.75 Å². The number of aryl methyl sites for hydroxylation is 2. The molecule has 0 atom stereocenters. The van der Waals surface area contributed by atoms with E-state index < -0.39 is 5.97 Å². The van der Waals surface area contributed by atoms with Gasteiger partial charge in [-0.3, -0.25) is 0 Å². The van der Waals surface area contributed by atoms with E-state index in [2.05, 4.69) is 36.8 Å². The molecule has 0 fully saturated rings. The van der Waals surface area contributed by atoms with E-state index in [0.717, 1.165) is 4.90 Å². The Morgan fingerprint density at radius 2 is 1.86 bits per heavy atom. The number of rotatable bonds is 5. The predicted octanol–water partition coefficient (Wildman–Crippen LogP) is 4.52. The normalized spacial score (nSPS) is 10.7. The summed E-state index contributed by atoms with van der Waals surface area (Å²) in [4.78, 5) is 13.2. The van der Waals surface area contributed by atoms with Gasteiger partial charge in [-0.2, -0.15) is 0 Å². The molecule has 0 aliphatic rings. The quantitative estimate of drug-likeness (QED) is 0.462. The average molecular weight is 314 g/mol. The van der Waals surface area contributed by atoms with Gasteiger partial charge in [0, 0.05) is 4.90 Å². The summed E-state index contributed by atoms with van der Waals surface area (Å²) in [7, 11) is 1.33. The van der Waals surface area contributed by atoms with Gasteiger partial charge >= 0.3 is 5.97 Å². The van der Waals surface area contributed by atoms with E-state index in [-0.39, 0.29) is 0 Å². The van der Waals surface area contributed by atoms with Crippen molar-refractivity contribution < 1.29 is 14.3 Å². The molecule has 0 saturated carbocycles. The first-order chi connectivity index (χ1) is 10.6. The molecule has 3 nitrogen and oxygen atoms in total. The number of ether oxygens (including phenoxy) is 2. The third kappa shape index (κ3) is 4.40. The zero-order chi connectivity index (χ0) is 15.9. The first-order valence-electron chi connectivity index (χ1n) is 6.85. The number of benzene rings is 2. The van der Waals surface area contributed by atoms with E-state index in [1.54, 1.807) is 11.8 Å². The van der Waals surface area contributed by atoms with Gasteiger partial charge in [-0.15, -0.1) is 0 Å². The minimum atomic E-state index is -0.445. The van der Waals surface area contributed by atoms with Crippen molar-refractivity contribution in [2.45, 2.75) is 23.6 Å². The Balaban J connectivity index is 2.17. The minimum absolute atomic E-state index is 0.445. The second-order valence-corrected chi connectivity index (χ2v) is 5.85. The smallest absolute Gasteiger partial charge is 0.333 e. The van der Waals surface area contributed by atoms with Crippen LogP contribution >= 0.6 is 11.8 Å². The summed E-state index contributed by atoms with van der Waals surface area (Å²) in [5, 5.41) is 0. The van der Waals surface area contributed by atoms with E-state index in [1.807, 2.05) is 24.3 Å². The average Bonchev–Trinajstić information content (AvgIpc) is 2.51. The Morgan fingerprint density at radius 1 is 1.09 bits per heavy atom. The van der Waals surface area contributed by atoms with Gasteiger partial charge in [0.25, 0.3) is 0 Å². The number of para-hydroxylation sites is 1. The highest BCUT2D eigenvalue weighted by Gasteiger charge is 2.07. The molecule has 4 heteroatoms. The first-order valence-corrected chi connectivity index (χ1v) is 7.67. The first kappa shape index (κ1) is 16.2. The largest absolute Gasteiger partial charge is 0.466 e. The van der Waals surface area contributed by atoms with Crippen molar-refractivity contribution in [1.82, 2.24) is 0 Å². The Labute approximate surface area is 135 Å². The van der Waals surface area contributed by atoms with Gasteiger partial charge in [-0.05, 0) is 37.6 Å². The lowest BCUT2D eigenvalue weighted by atomic mass is 10.2. The molecule has 0 heterocycles. The monoisotopic (exact) mass is 314 g/mol. The van der Waals surface area contributed by atoms with Gasteiger partial charge in [-0.1, -0.05) is 41.6 Å². The van der Waals surface area contributed by atoms with Crippen molar-refractivity contribution in [3.8, 4) is 5.75 Å². The van der Waals surface area contributed by atoms with Crippen LogP contribution in [-0.4, -0.2) is 13.1 Å². The fourth-order valence-electron chi connectivity index (χ4n) is 1.90. The van der Waals surface area contributed by atoms with Crippen LogP contribution in [0, 0.1) is 13.8 Å². The molecule has 2 aromatic carbocycles. The number of carbonyl (C=O) groups is 1. The van der Waals surface area contributed by atoms with Crippen molar-refractivity contribution in [2.75, 3.05) is 7.11 Å². The topological polar surface area (TPSA) is 35.5 Å². The highest BCUT2D eigenvalue weighted by atomic mass is 32.2. The van der Waals surface area contributed by atoms with Gasteiger partial charge in [-0.25, -0.2) is 4.79 Å². The molecular weight excluding hydrogens is 296 g/mol. The Hall–Kier alpha value is -2.20. The maximum Gasteiger partial charge on any atom is 0.333 e. The van der Waals surface area contributed by atoms with Gasteiger partial charge in [0.15, 0.2) is 0 Å². The van der Waals surface area contributed by atoms with E-state index in [9.17, 15) is 4.79 Å². The third-order valence-electron chi connectivity index (χ3n) is 3.00. The molecule has 2 aromatic rings. The molecule has 0 amide bonds. The minimum Gasteiger partial charge on any atom is -0.466 e. The van der Waals surface area contributed by atoms with Crippen LogP contribution in [0.15, 0.2) is 64.6 Å².